The van der Waals surface area contributed by atoms with E-state index in [4.69, 9.17) is 17.3 Å². The predicted octanol–water partition coefficient (Wildman–Crippen LogP) is 4.23. The lowest BCUT2D eigenvalue weighted by molar-refractivity contribution is 0.628. The third-order valence-corrected chi connectivity index (χ3v) is 3.90. The largest absolute Gasteiger partial charge is 0.383 e. The molecule has 0 aliphatic rings. The van der Waals surface area contributed by atoms with E-state index in [1.807, 2.05) is 26.1 Å². The molecule has 1 heterocycles. The fourth-order valence-electron chi connectivity index (χ4n) is 2.51. The van der Waals surface area contributed by atoms with Crippen LogP contribution in [0.3, 0.4) is 0 Å². The van der Waals surface area contributed by atoms with Gasteiger partial charge in [0.15, 0.2) is 0 Å². The summed E-state index contributed by atoms with van der Waals surface area (Å²) in [6, 6.07) is 11.6. The molecule has 0 unspecified atom stereocenters. The molecule has 6 heteroatoms. The molecule has 0 radical (unpaired) electrons. The minimum absolute atomic E-state index is 0.336. The zero-order valence-electron chi connectivity index (χ0n) is 13.3. The molecular formula is C18H16ClFN4. The lowest BCUT2D eigenvalue weighted by Gasteiger charge is -2.08. The summed E-state index contributed by atoms with van der Waals surface area (Å²) in [5.41, 5.74) is 9.72. The Kier molecular flexibility index (Phi) is 4.36. The van der Waals surface area contributed by atoms with E-state index in [2.05, 4.69) is 10.1 Å². The third-order valence-electron chi connectivity index (χ3n) is 3.64. The van der Waals surface area contributed by atoms with Crippen LogP contribution in [-0.2, 0) is 7.05 Å². The topological polar surface area (TPSA) is 56.2 Å². The first-order valence-electron chi connectivity index (χ1n) is 7.34. The van der Waals surface area contributed by atoms with Crippen molar-refractivity contribution in [3.63, 3.8) is 0 Å². The Bertz CT molecular complexity index is 913. The normalized spacial score (nSPS) is 11.8. The predicted molar refractivity (Wildman–Crippen MR) is 95.2 cm³/mol. The van der Waals surface area contributed by atoms with E-state index in [9.17, 15) is 4.39 Å². The number of halogens is 2. The first-order chi connectivity index (χ1) is 11.4. The molecule has 3 aromatic rings. The minimum atomic E-state index is -0.338. The summed E-state index contributed by atoms with van der Waals surface area (Å²) < 4.78 is 15.4. The molecule has 0 amide bonds. The van der Waals surface area contributed by atoms with Crippen LogP contribution in [0, 0.1) is 12.7 Å². The number of amidine groups is 1. The molecule has 3 rings (SSSR count). The number of hydrogen-bond donors (Lipinski definition) is 1. The molecule has 2 aromatic carbocycles. The molecule has 122 valence electrons. The Morgan fingerprint density at radius 1 is 1.21 bits per heavy atom. The van der Waals surface area contributed by atoms with E-state index >= 15 is 0 Å². The standard InChI is InChI=1S/C18H16ClFN4/c1-11-16(10-24(2)23-11)18(21)22-17-8-7-14(20)9-15(17)12-3-5-13(19)6-4-12/h3-10H,1-2H3,(H2,21,22). The summed E-state index contributed by atoms with van der Waals surface area (Å²) in [7, 11) is 1.82. The Labute approximate surface area is 144 Å². The van der Waals surface area contributed by atoms with Crippen LogP contribution < -0.4 is 5.73 Å². The van der Waals surface area contributed by atoms with Gasteiger partial charge >= 0.3 is 0 Å². The quantitative estimate of drug-likeness (QED) is 0.572. The van der Waals surface area contributed by atoms with E-state index in [-0.39, 0.29) is 5.82 Å². The number of aryl methyl sites for hydroxylation is 2. The maximum Gasteiger partial charge on any atom is 0.134 e. The second-order valence-electron chi connectivity index (χ2n) is 5.47. The summed E-state index contributed by atoms with van der Waals surface area (Å²) >= 11 is 5.92. The SMILES string of the molecule is Cc1nn(C)cc1C(N)=Nc1ccc(F)cc1-c1ccc(Cl)cc1. The Balaban J connectivity index is 2.09. The lowest BCUT2D eigenvalue weighted by Crippen LogP contribution is -2.13. The van der Waals surface area contributed by atoms with Gasteiger partial charge in [0, 0.05) is 23.8 Å². The van der Waals surface area contributed by atoms with Gasteiger partial charge in [0.2, 0.25) is 0 Å². The minimum Gasteiger partial charge on any atom is -0.383 e. The molecule has 0 atom stereocenters. The van der Waals surface area contributed by atoms with Crippen molar-refractivity contribution in [2.45, 2.75) is 6.92 Å². The van der Waals surface area contributed by atoms with Gasteiger partial charge in [-0.05, 0) is 42.8 Å². The Morgan fingerprint density at radius 3 is 2.54 bits per heavy atom. The van der Waals surface area contributed by atoms with Gasteiger partial charge in [-0.3, -0.25) is 4.68 Å². The van der Waals surface area contributed by atoms with Crippen LogP contribution in [0.2, 0.25) is 5.02 Å². The first kappa shape index (κ1) is 16.2. The van der Waals surface area contributed by atoms with Crippen molar-refractivity contribution in [3.8, 4) is 11.1 Å². The van der Waals surface area contributed by atoms with E-state index in [1.165, 1.54) is 12.1 Å². The van der Waals surface area contributed by atoms with Crippen LogP contribution in [0.5, 0.6) is 0 Å². The van der Waals surface area contributed by atoms with Crippen LogP contribution in [-0.4, -0.2) is 15.6 Å². The monoisotopic (exact) mass is 342 g/mol. The maximum absolute atomic E-state index is 13.7. The summed E-state index contributed by atoms with van der Waals surface area (Å²) in [5, 5.41) is 4.88. The van der Waals surface area contributed by atoms with E-state index < -0.39 is 0 Å². The second-order valence-corrected chi connectivity index (χ2v) is 5.90. The molecule has 0 aliphatic heterocycles. The van der Waals surface area contributed by atoms with Gasteiger partial charge in [0.1, 0.15) is 11.7 Å². The fraction of sp³-hybridized carbons (Fsp3) is 0.111. The van der Waals surface area contributed by atoms with E-state index in [0.29, 0.717) is 22.1 Å². The van der Waals surface area contributed by atoms with Gasteiger partial charge in [-0.2, -0.15) is 5.10 Å². The van der Waals surface area contributed by atoms with Crippen LogP contribution in [0.1, 0.15) is 11.3 Å². The molecule has 1 aromatic heterocycles. The number of aromatic nitrogens is 2. The lowest BCUT2D eigenvalue weighted by atomic mass is 10.0. The van der Waals surface area contributed by atoms with Crippen molar-refractivity contribution >= 4 is 23.1 Å². The second kappa shape index (κ2) is 6.45. The van der Waals surface area contributed by atoms with Gasteiger partial charge in [-0.25, -0.2) is 9.38 Å². The molecule has 0 saturated carbocycles. The molecule has 0 aliphatic carbocycles. The van der Waals surface area contributed by atoms with Gasteiger partial charge in [-0.1, -0.05) is 23.7 Å². The third kappa shape index (κ3) is 3.31. The Hall–Kier alpha value is -2.66. The molecule has 0 bridgehead atoms. The van der Waals surface area contributed by atoms with Crippen LogP contribution in [0.25, 0.3) is 11.1 Å². The van der Waals surface area contributed by atoms with Crippen molar-refractivity contribution in [2.24, 2.45) is 17.8 Å². The number of hydrogen-bond acceptors (Lipinski definition) is 2. The highest BCUT2D eigenvalue weighted by molar-refractivity contribution is 6.30. The number of nitrogens with two attached hydrogens (primary N) is 1. The smallest absolute Gasteiger partial charge is 0.134 e. The number of rotatable bonds is 3. The number of benzene rings is 2. The maximum atomic E-state index is 13.7. The van der Waals surface area contributed by atoms with Crippen LogP contribution in [0.15, 0.2) is 53.7 Å². The summed E-state index contributed by atoms with van der Waals surface area (Å²) in [6.45, 7) is 1.86. The van der Waals surface area contributed by atoms with E-state index in [1.54, 1.807) is 29.1 Å². The molecule has 0 saturated heterocycles. The summed E-state index contributed by atoms with van der Waals surface area (Å²) in [4.78, 5) is 4.48. The van der Waals surface area contributed by atoms with Crippen molar-refractivity contribution in [1.29, 1.82) is 0 Å². The average Bonchev–Trinajstić information content (AvgIpc) is 2.88. The van der Waals surface area contributed by atoms with Gasteiger partial charge in [-0.15, -0.1) is 0 Å². The van der Waals surface area contributed by atoms with Crippen LogP contribution in [0.4, 0.5) is 10.1 Å². The highest BCUT2D eigenvalue weighted by atomic mass is 35.5. The highest BCUT2D eigenvalue weighted by Gasteiger charge is 2.11. The molecule has 2 N–H and O–H groups in total. The number of nitrogens with zero attached hydrogens (tertiary/aromatic N) is 3. The van der Waals surface area contributed by atoms with Crippen molar-refractivity contribution in [1.82, 2.24) is 9.78 Å². The van der Waals surface area contributed by atoms with Gasteiger partial charge in [0.25, 0.3) is 0 Å². The molecule has 4 nitrogen and oxygen atoms in total. The average molecular weight is 343 g/mol. The van der Waals surface area contributed by atoms with E-state index in [0.717, 1.165) is 16.8 Å². The highest BCUT2D eigenvalue weighted by Crippen LogP contribution is 2.32. The summed E-state index contributed by atoms with van der Waals surface area (Å²) in [5.74, 6) is -0.00236. The zero-order chi connectivity index (χ0) is 17.3. The van der Waals surface area contributed by atoms with Crippen molar-refractivity contribution in [2.75, 3.05) is 0 Å². The molecule has 0 spiro atoms. The zero-order valence-corrected chi connectivity index (χ0v) is 14.0. The summed E-state index contributed by atoms with van der Waals surface area (Å²) in [6.07, 6.45) is 1.81. The van der Waals surface area contributed by atoms with Crippen LogP contribution >= 0.6 is 11.6 Å². The Morgan fingerprint density at radius 2 is 1.92 bits per heavy atom. The number of aliphatic imine (C=N–C) groups is 1. The molecule has 0 fully saturated rings. The van der Waals surface area contributed by atoms with Crippen molar-refractivity contribution in [3.05, 3.63) is 70.8 Å². The van der Waals surface area contributed by atoms with Gasteiger partial charge < -0.3 is 5.73 Å². The van der Waals surface area contributed by atoms with Gasteiger partial charge in [0.05, 0.1) is 16.9 Å². The first-order valence-corrected chi connectivity index (χ1v) is 7.72. The molecule has 24 heavy (non-hydrogen) atoms. The fourth-order valence-corrected chi connectivity index (χ4v) is 2.63. The van der Waals surface area contributed by atoms with Crippen molar-refractivity contribution < 1.29 is 4.39 Å². The molecular weight excluding hydrogens is 327 g/mol.